The summed E-state index contributed by atoms with van der Waals surface area (Å²) in [4.78, 5) is 18.9. The number of pyridine rings is 1. The van der Waals surface area contributed by atoms with Gasteiger partial charge in [-0.2, -0.15) is 0 Å². The number of hydrogen-bond donors (Lipinski definition) is 0. The quantitative estimate of drug-likeness (QED) is 0.856. The number of ether oxygens (including phenoxy) is 2. The zero-order chi connectivity index (χ0) is 17.8. The number of halogens is 1. The lowest BCUT2D eigenvalue weighted by Crippen LogP contribution is -2.49. The van der Waals surface area contributed by atoms with Gasteiger partial charge in [-0.15, -0.1) is 0 Å². The van der Waals surface area contributed by atoms with Crippen LogP contribution in [0.3, 0.4) is 0 Å². The summed E-state index contributed by atoms with van der Waals surface area (Å²) in [5, 5.41) is 0. The van der Waals surface area contributed by atoms with Gasteiger partial charge in [0.1, 0.15) is 5.82 Å². The zero-order valence-corrected chi connectivity index (χ0v) is 14.3. The minimum absolute atomic E-state index is 0.191. The Morgan fingerprint density at radius 3 is 2.64 bits per heavy atom. The van der Waals surface area contributed by atoms with Gasteiger partial charge in [-0.25, -0.2) is 4.39 Å². The summed E-state index contributed by atoms with van der Waals surface area (Å²) in [6.07, 6.45) is 2.37. The molecule has 0 saturated carbocycles. The molecule has 1 fully saturated rings. The highest BCUT2D eigenvalue weighted by atomic mass is 19.1. The normalized spacial score (nSPS) is 20.3. The van der Waals surface area contributed by atoms with Crippen molar-refractivity contribution in [1.29, 1.82) is 0 Å². The summed E-state index contributed by atoms with van der Waals surface area (Å²) < 4.78 is 24.4. The van der Waals surface area contributed by atoms with Crippen LogP contribution in [-0.2, 0) is 20.8 Å². The van der Waals surface area contributed by atoms with E-state index >= 15 is 0 Å². The molecule has 1 saturated heterocycles. The van der Waals surface area contributed by atoms with Gasteiger partial charge in [0.25, 0.3) is 5.91 Å². The number of carbonyl (C=O) groups is 1. The molecule has 6 heteroatoms. The van der Waals surface area contributed by atoms with Crippen LogP contribution in [0.4, 0.5) is 10.1 Å². The molecule has 5 nitrogen and oxygen atoms in total. The smallest absolute Gasteiger partial charge is 0.259 e. The van der Waals surface area contributed by atoms with Crippen molar-refractivity contribution in [2.75, 3.05) is 18.1 Å². The molecule has 0 aliphatic carbocycles. The predicted octanol–water partition coefficient (Wildman–Crippen LogP) is 2.87. The van der Waals surface area contributed by atoms with Gasteiger partial charge in [-0.3, -0.25) is 9.78 Å². The molecular formula is C19H21FN2O3. The predicted molar refractivity (Wildman–Crippen MR) is 91.7 cm³/mol. The first kappa shape index (κ1) is 17.5. The van der Waals surface area contributed by atoms with Gasteiger partial charge in [0.2, 0.25) is 0 Å². The number of aromatic nitrogens is 1. The maximum atomic E-state index is 13.2. The van der Waals surface area contributed by atoms with Gasteiger partial charge in [0, 0.05) is 6.20 Å². The second-order valence-corrected chi connectivity index (χ2v) is 6.14. The molecule has 1 aliphatic heterocycles. The van der Waals surface area contributed by atoms with Crippen LogP contribution < -0.4 is 4.90 Å². The second-order valence-electron chi connectivity index (χ2n) is 6.14. The number of carbonyl (C=O) groups excluding carboxylic acids is 1. The van der Waals surface area contributed by atoms with E-state index in [0.717, 1.165) is 11.1 Å². The standard InChI is InChI=1S/C19H21FN2O3/c1-13-9-17(11-21-10-13)22(12-15-3-5-16(20)6-4-15)19(23)18-14(2)24-7-8-25-18/h3-6,9-11,14,18H,7-8,12H2,1-2H3/t14-,18-/m0/s1. The van der Waals surface area contributed by atoms with Crippen molar-refractivity contribution in [2.45, 2.75) is 32.6 Å². The molecule has 132 valence electrons. The highest BCUT2D eigenvalue weighted by Crippen LogP contribution is 2.22. The number of benzene rings is 1. The topological polar surface area (TPSA) is 51.7 Å². The van der Waals surface area contributed by atoms with Crippen molar-refractivity contribution >= 4 is 11.6 Å². The fourth-order valence-corrected chi connectivity index (χ4v) is 2.81. The highest BCUT2D eigenvalue weighted by molar-refractivity contribution is 5.96. The summed E-state index contributed by atoms with van der Waals surface area (Å²) >= 11 is 0. The van der Waals surface area contributed by atoms with E-state index in [4.69, 9.17) is 9.47 Å². The van der Waals surface area contributed by atoms with Crippen LogP contribution in [0.2, 0.25) is 0 Å². The average Bonchev–Trinajstić information content (AvgIpc) is 2.61. The molecule has 0 bridgehead atoms. The van der Waals surface area contributed by atoms with E-state index in [-0.39, 0.29) is 17.8 Å². The molecule has 2 atom stereocenters. The number of rotatable bonds is 4. The fraction of sp³-hybridized carbons (Fsp3) is 0.368. The Kier molecular flexibility index (Phi) is 5.40. The van der Waals surface area contributed by atoms with Crippen LogP contribution >= 0.6 is 0 Å². The van der Waals surface area contributed by atoms with E-state index in [9.17, 15) is 9.18 Å². The van der Waals surface area contributed by atoms with Gasteiger partial charge < -0.3 is 14.4 Å². The van der Waals surface area contributed by atoms with Crippen molar-refractivity contribution in [3.05, 3.63) is 59.7 Å². The van der Waals surface area contributed by atoms with Gasteiger partial charge in [-0.05, 0) is 43.2 Å². The van der Waals surface area contributed by atoms with Crippen LogP contribution in [0.5, 0.6) is 0 Å². The number of aryl methyl sites for hydroxylation is 1. The van der Waals surface area contributed by atoms with Gasteiger partial charge in [0.05, 0.1) is 37.7 Å². The molecule has 1 aliphatic rings. The van der Waals surface area contributed by atoms with E-state index in [1.165, 1.54) is 12.1 Å². The summed E-state index contributed by atoms with van der Waals surface area (Å²) in [5.74, 6) is -0.500. The molecule has 0 radical (unpaired) electrons. The van der Waals surface area contributed by atoms with Gasteiger partial charge in [-0.1, -0.05) is 12.1 Å². The number of anilines is 1. The summed E-state index contributed by atoms with van der Waals surface area (Å²) in [6.45, 7) is 4.91. The average molecular weight is 344 g/mol. The van der Waals surface area contributed by atoms with E-state index in [0.29, 0.717) is 25.4 Å². The first-order valence-corrected chi connectivity index (χ1v) is 8.25. The number of nitrogens with zero attached hydrogens (tertiary/aromatic N) is 2. The second kappa shape index (κ2) is 7.72. The Morgan fingerprint density at radius 1 is 1.24 bits per heavy atom. The van der Waals surface area contributed by atoms with Crippen LogP contribution in [0, 0.1) is 12.7 Å². The highest BCUT2D eigenvalue weighted by Gasteiger charge is 2.34. The molecule has 1 aromatic heterocycles. The van der Waals surface area contributed by atoms with Crippen molar-refractivity contribution in [2.24, 2.45) is 0 Å². The lowest BCUT2D eigenvalue weighted by Gasteiger charge is -2.33. The van der Waals surface area contributed by atoms with Crippen molar-refractivity contribution in [3.8, 4) is 0 Å². The fourth-order valence-electron chi connectivity index (χ4n) is 2.81. The lowest BCUT2D eigenvalue weighted by atomic mass is 10.1. The zero-order valence-electron chi connectivity index (χ0n) is 14.3. The van der Waals surface area contributed by atoms with Crippen LogP contribution in [0.1, 0.15) is 18.1 Å². The molecule has 1 amide bonds. The molecule has 1 aromatic carbocycles. The third kappa shape index (κ3) is 4.21. The molecule has 2 heterocycles. The van der Waals surface area contributed by atoms with Gasteiger partial charge >= 0.3 is 0 Å². The number of hydrogen-bond acceptors (Lipinski definition) is 4. The Labute approximate surface area is 146 Å². The first-order valence-electron chi connectivity index (χ1n) is 8.25. The van der Waals surface area contributed by atoms with E-state index in [2.05, 4.69) is 4.98 Å². The Hall–Kier alpha value is -2.31. The molecule has 25 heavy (non-hydrogen) atoms. The van der Waals surface area contributed by atoms with Crippen molar-refractivity contribution in [1.82, 2.24) is 4.98 Å². The molecule has 3 rings (SSSR count). The lowest BCUT2D eigenvalue weighted by molar-refractivity contribution is -0.159. The maximum Gasteiger partial charge on any atom is 0.259 e. The van der Waals surface area contributed by atoms with E-state index < -0.39 is 6.10 Å². The van der Waals surface area contributed by atoms with Gasteiger partial charge in [0.15, 0.2) is 6.10 Å². The minimum atomic E-state index is -0.672. The minimum Gasteiger partial charge on any atom is -0.373 e. The Bertz CT molecular complexity index is 736. The molecule has 2 aromatic rings. The third-order valence-electron chi connectivity index (χ3n) is 4.12. The van der Waals surface area contributed by atoms with Crippen molar-refractivity contribution in [3.63, 3.8) is 0 Å². The largest absolute Gasteiger partial charge is 0.373 e. The molecular weight excluding hydrogens is 323 g/mol. The summed E-state index contributed by atoms with van der Waals surface area (Å²) in [7, 11) is 0. The van der Waals surface area contributed by atoms with Crippen LogP contribution in [0.15, 0.2) is 42.7 Å². The van der Waals surface area contributed by atoms with Crippen LogP contribution in [-0.4, -0.2) is 36.3 Å². The molecule has 0 N–H and O–H groups in total. The van der Waals surface area contributed by atoms with Crippen LogP contribution in [0.25, 0.3) is 0 Å². The van der Waals surface area contributed by atoms with E-state index in [1.54, 1.807) is 29.4 Å². The first-order chi connectivity index (χ1) is 12.0. The monoisotopic (exact) mass is 344 g/mol. The Balaban J connectivity index is 1.90. The summed E-state index contributed by atoms with van der Waals surface area (Å²) in [6, 6.07) is 7.99. The summed E-state index contributed by atoms with van der Waals surface area (Å²) in [5.41, 5.74) is 2.44. The molecule has 0 unspecified atom stereocenters. The van der Waals surface area contributed by atoms with Crippen molar-refractivity contribution < 1.29 is 18.7 Å². The Morgan fingerprint density at radius 2 is 1.96 bits per heavy atom. The maximum absolute atomic E-state index is 13.2. The number of amides is 1. The third-order valence-corrected chi connectivity index (χ3v) is 4.12. The van der Waals surface area contributed by atoms with E-state index in [1.807, 2.05) is 19.9 Å². The SMILES string of the molecule is Cc1cncc(N(Cc2ccc(F)cc2)C(=O)[C@H]2OCCO[C@H]2C)c1. The molecule has 0 spiro atoms.